The summed E-state index contributed by atoms with van der Waals surface area (Å²) in [5, 5.41) is 3.46. The summed E-state index contributed by atoms with van der Waals surface area (Å²) in [5.74, 6) is 0.643. The van der Waals surface area contributed by atoms with E-state index in [2.05, 4.69) is 33.0 Å². The first-order valence-electron chi connectivity index (χ1n) is 6.11. The SMILES string of the molecule is CCNC(COC(C)C)C1OCCC1C. The van der Waals surface area contributed by atoms with Gasteiger partial charge in [0.2, 0.25) is 0 Å². The second-order valence-corrected chi connectivity index (χ2v) is 4.65. The van der Waals surface area contributed by atoms with Gasteiger partial charge >= 0.3 is 0 Å². The first-order valence-corrected chi connectivity index (χ1v) is 6.11. The lowest BCUT2D eigenvalue weighted by Crippen LogP contribution is -2.45. The molecule has 3 unspecified atom stereocenters. The molecule has 1 heterocycles. The maximum Gasteiger partial charge on any atom is 0.0776 e. The molecule has 0 aliphatic carbocycles. The molecule has 0 aromatic carbocycles. The van der Waals surface area contributed by atoms with Crippen molar-refractivity contribution in [1.29, 1.82) is 0 Å². The molecule has 1 aliphatic heterocycles. The van der Waals surface area contributed by atoms with Crippen molar-refractivity contribution in [1.82, 2.24) is 5.32 Å². The fraction of sp³-hybridized carbons (Fsp3) is 1.00. The van der Waals surface area contributed by atoms with Crippen LogP contribution in [0.2, 0.25) is 0 Å². The summed E-state index contributed by atoms with van der Waals surface area (Å²) in [7, 11) is 0. The molecule has 3 heteroatoms. The third kappa shape index (κ3) is 4.09. The van der Waals surface area contributed by atoms with Gasteiger partial charge < -0.3 is 14.8 Å². The Balaban J connectivity index is 2.41. The molecule has 3 atom stereocenters. The van der Waals surface area contributed by atoms with Crippen molar-refractivity contribution in [2.24, 2.45) is 5.92 Å². The Kier molecular flexibility index (Phi) is 5.58. The Hall–Kier alpha value is -0.120. The highest BCUT2D eigenvalue weighted by Gasteiger charge is 2.31. The van der Waals surface area contributed by atoms with Gasteiger partial charge in [-0.2, -0.15) is 0 Å². The van der Waals surface area contributed by atoms with E-state index >= 15 is 0 Å². The molecule has 1 saturated heterocycles. The Morgan fingerprint density at radius 2 is 2.20 bits per heavy atom. The van der Waals surface area contributed by atoms with Crippen LogP contribution in [0.3, 0.4) is 0 Å². The Morgan fingerprint density at radius 3 is 2.67 bits per heavy atom. The second kappa shape index (κ2) is 6.46. The van der Waals surface area contributed by atoms with Crippen LogP contribution in [-0.2, 0) is 9.47 Å². The molecule has 0 aromatic heterocycles. The van der Waals surface area contributed by atoms with Gasteiger partial charge in [0.05, 0.1) is 24.9 Å². The van der Waals surface area contributed by atoms with E-state index in [9.17, 15) is 0 Å². The fourth-order valence-corrected chi connectivity index (χ4v) is 2.06. The summed E-state index contributed by atoms with van der Waals surface area (Å²) in [6.45, 7) is 11.2. The van der Waals surface area contributed by atoms with Gasteiger partial charge in [0.25, 0.3) is 0 Å². The van der Waals surface area contributed by atoms with Gasteiger partial charge in [0, 0.05) is 6.61 Å². The first-order chi connectivity index (χ1) is 7.15. The number of rotatable bonds is 6. The largest absolute Gasteiger partial charge is 0.377 e. The summed E-state index contributed by atoms with van der Waals surface area (Å²) in [4.78, 5) is 0. The first kappa shape index (κ1) is 12.9. The number of ether oxygens (including phenoxy) is 2. The lowest BCUT2D eigenvalue weighted by molar-refractivity contribution is -0.000910. The highest BCUT2D eigenvalue weighted by Crippen LogP contribution is 2.23. The smallest absolute Gasteiger partial charge is 0.0776 e. The van der Waals surface area contributed by atoms with Crippen LogP contribution in [0, 0.1) is 5.92 Å². The number of hydrogen-bond acceptors (Lipinski definition) is 3. The van der Waals surface area contributed by atoms with E-state index in [1.807, 2.05) is 0 Å². The maximum atomic E-state index is 5.77. The minimum absolute atomic E-state index is 0.294. The molecule has 1 fully saturated rings. The topological polar surface area (TPSA) is 30.5 Å². The van der Waals surface area contributed by atoms with E-state index in [0.717, 1.165) is 19.8 Å². The summed E-state index contributed by atoms with van der Waals surface area (Å²) in [6.07, 6.45) is 1.79. The molecule has 1 aliphatic rings. The van der Waals surface area contributed by atoms with Crippen LogP contribution in [0.5, 0.6) is 0 Å². The quantitative estimate of drug-likeness (QED) is 0.733. The molecule has 3 nitrogen and oxygen atoms in total. The van der Waals surface area contributed by atoms with E-state index in [-0.39, 0.29) is 0 Å². The van der Waals surface area contributed by atoms with Gasteiger partial charge in [-0.1, -0.05) is 13.8 Å². The summed E-state index contributed by atoms with van der Waals surface area (Å²) in [6, 6.07) is 0.342. The summed E-state index contributed by atoms with van der Waals surface area (Å²) >= 11 is 0. The van der Waals surface area contributed by atoms with Crippen molar-refractivity contribution in [3.05, 3.63) is 0 Å². The van der Waals surface area contributed by atoms with Crippen LogP contribution < -0.4 is 5.32 Å². The van der Waals surface area contributed by atoms with Crippen LogP contribution in [-0.4, -0.2) is 38.0 Å². The lowest BCUT2D eigenvalue weighted by Gasteiger charge is -2.27. The van der Waals surface area contributed by atoms with Gasteiger partial charge in [-0.05, 0) is 32.7 Å². The molecule has 15 heavy (non-hydrogen) atoms. The zero-order valence-corrected chi connectivity index (χ0v) is 10.5. The zero-order chi connectivity index (χ0) is 11.3. The molecular formula is C12H25NO2. The highest BCUT2D eigenvalue weighted by atomic mass is 16.5. The van der Waals surface area contributed by atoms with Gasteiger partial charge in [-0.3, -0.25) is 0 Å². The lowest BCUT2D eigenvalue weighted by atomic mass is 9.98. The van der Waals surface area contributed by atoms with E-state index in [1.165, 1.54) is 6.42 Å². The van der Waals surface area contributed by atoms with Crippen LogP contribution in [0.15, 0.2) is 0 Å². The average Bonchev–Trinajstić information content (AvgIpc) is 2.59. The van der Waals surface area contributed by atoms with Gasteiger partial charge in [0.15, 0.2) is 0 Å². The van der Waals surface area contributed by atoms with E-state index in [4.69, 9.17) is 9.47 Å². The zero-order valence-electron chi connectivity index (χ0n) is 10.5. The van der Waals surface area contributed by atoms with Crippen molar-refractivity contribution in [2.45, 2.75) is 52.4 Å². The normalized spacial score (nSPS) is 28.6. The average molecular weight is 215 g/mol. The van der Waals surface area contributed by atoms with E-state index in [0.29, 0.717) is 24.2 Å². The molecule has 0 saturated carbocycles. The van der Waals surface area contributed by atoms with Gasteiger partial charge in [0.1, 0.15) is 0 Å². The van der Waals surface area contributed by atoms with Crippen molar-refractivity contribution < 1.29 is 9.47 Å². The molecule has 0 bridgehead atoms. The Labute approximate surface area is 93.5 Å². The number of nitrogens with one attached hydrogen (secondary N) is 1. The predicted molar refractivity (Wildman–Crippen MR) is 62.1 cm³/mol. The molecule has 0 amide bonds. The third-order valence-corrected chi connectivity index (χ3v) is 2.92. The molecule has 1 rings (SSSR count). The van der Waals surface area contributed by atoms with Crippen molar-refractivity contribution >= 4 is 0 Å². The molecular weight excluding hydrogens is 190 g/mol. The third-order valence-electron chi connectivity index (χ3n) is 2.92. The van der Waals surface area contributed by atoms with E-state index in [1.54, 1.807) is 0 Å². The van der Waals surface area contributed by atoms with Crippen LogP contribution in [0.1, 0.15) is 34.1 Å². The van der Waals surface area contributed by atoms with Crippen LogP contribution in [0.4, 0.5) is 0 Å². The molecule has 0 spiro atoms. The van der Waals surface area contributed by atoms with Crippen molar-refractivity contribution in [3.63, 3.8) is 0 Å². The maximum absolute atomic E-state index is 5.77. The minimum atomic E-state index is 0.294. The Bertz CT molecular complexity index is 173. The van der Waals surface area contributed by atoms with E-state index < -0.39 is 0 Å². The van der Waals surface area contributed by atoms with Crippen molar-refractivity contribution in [3.8, 4) is 0 Å². The molecule has 1 N–H and O–H groups in total. The fourth-order valence-electron chi connectivity index (χ4n) is 2.06. The Morgan fingerprint density at radius 1 is 1.47 bits per heavy atom. The highest BCUT2D eigenvalue weighted by molar-refractivity contribution is 4.84. The summed E-state index contributed by atoms with van der Waals surface area (Å²) < 4.78 is 11.4. The predicted octanol–water partition coefficient (Wildman–Crippen LogP) is 1.81. The second-order valence-electron chi connectivity index (χ2n) is 4.65. The minimum Gasteiger partial charge on any atom is -0.377 e. The molecule has 0 radical (unpaired) electrons. The van der Waals surface area contributed by atoms with Gasteiger partial charge in [-0.25, -0.2) is 0 Å². The van der Waals surface area contributed by atoms with Crippen LogP contribution >= 0.6 is 0 Å². The molecule has 90 valence electrons. The standard InChI is InChI=1S/C12H25NO2/c1-5-13-11(8-15-9(2)3)12-10(4)6-7-14-12/h9-13H,5-8H2,1-4H3. The van der Waals surface area contributed by atoms with Gasteiger partial charge in [-0.15, -0.1) is 0 Å². The number of likely N-dealkylation sites (N-methyl/N-ethyl adjacent to an activating group) is 1. The summed E-state index contributed by atoms with van der Waals surface area (Å²) in [5.41, 5.74) is 0. The van der Waals surface area contributed by atoms with Crippen molar-refractivity contribution in [2.75, 3.05) is 19.8 Å². The number of hydrogen-bond donors (Lipinski definition) is 1. The monoisotopic (exact) mass is 215 g/mol. The molecule has 0 aromatic rings. The van der Waals surface area contributed by atoms with Crippen LogP contribution in [0.25, 0.3) is 0 Å².